The third-order valence-electron chi connectivity index (χ3n) is 3.83. The molecule has 0 radical (unpaired) electrons. The van der Waals surface area contributed by atoms with Crippen molar-refractivity contribution in [3.05, 3.63) is 0 Å². The third kappa shape index (κ3) is 6.91. The molecule has 0 atom stereocenters. The largest absolute Gasteiger partial charge is 0.379 e. The molecule has 1 aliphatic heterocycles. The van der Waals surface area contributed by atoms with E-state index in [1.807, 2.05) is 0 Å². The molecule has 0 aliphatic carbocycles. The number of hydrogen-bond acceptors (Lipinski definition) is 4. The number of nitrogens with zero attached hydrogens (tertiary/aromatic N) is 3. The zero-order chi connectivity index (χ0) is 15.7. The van der Waals surface area contributed by atoms with E-state index in [1.165, 1.54) is 6.92 Å². The Morgan fingerprint density at radius 3 is 2.43 bits per heavy atom. The van der Waals surface area contributed by atoms with Crippen LogP contribution in [0.5, 0.6) is 0 Å². The average Bonchev–Trinajstić information content (AvgIpc) is 2.49. The van der Waals surface area contributed by atoms with Crippen molar-refractivity contribution >= 4 is 11.8 Å². The van der Waals surface area contributed by atoms with E-state index in [-0.39, 0.29) is 18.4 Å². The van der Waals surface area contributed by atoms with Crippen molar-refractivity contribution in [1.29, 1.82) is 0 Å². The summed E-state index contributed by atoms with van der Waals surface area (Å²) >= 11 is 0. The Kier molecular flexibility index (Phi) is 8.30. The highest BCUT2D eigenvalue weighted by Crippen LogP contribution is 2.00. The second-order valence-corrected chi connectivity index (χ2v) is 5.56. The molecule has 122 valence electrons. The van der Waals surface area contributed by atoms with E-state index in [0.717, 1.165) is 52.2 Å². The van der Waals surface area contributed by atoms with E-state index < -0.39 is 0 Å². The molecule has 1 rings (SSSR count). The van der Waals surface area contributed by atoms with Crippen LogP contribution in [-0.2, 0) is 14.3 Å². The minimum Gasteiger partial charge on any atom is -0.379 e. The Labute approximate surface area is 128 Å². The molecule has 1 fully saturated rings. The second kappa shape index (κ2) is 9.73. The fourth-order valence-corrected chi connectivity index (χ4v) is 2.24. The molecule has 1 aliphatic rings. The number of hydrogen-bond donors (Lipinski definition) is 0. The van der Waals surface area contributed by atoms with Crippen LogP contribution in [0.2, 0.25) is 0 Å². The number of unbranched alkanes of at least 4 members (excludes halogenated alkanes) is 1. The predicted molar refractivity (Wildman–Crippen MR) is 82.1 cm³/mol. The lowest BCUT2D eigenvalue weighted by Gasteiger charge is -2.30. The molecule has 0 bridgehead atoms. The van der Waals surface area contributed by atoms with Crippen molar-refractivity contribution < 1.29 is 14.3 Å². The lowest BCUT2D eigenvalue weighted by Crippen LogP contribution is -2.46. The fourth-order valence-electron chi connectivity index (χ4n) is 2.24. The maximum absolute atomic E-state index is 12.1. The summed E-state index contributed by atoms with van der Waals surface area (Å²) in [5.74, 6) is -0.0267. The predicted octanol–water partition coefficient (Wildman–Crippen LogP) is 0.426. The SMILES string of the molecule is CCCCN(C)C(=O)CN(CCN1CCOCC1)C(C)=O. The van der Waals surface area contributed by atoms with Gasteiger partial charge in [0, 0.05) is 46.7 Å². The van der Waals surface area contributed by atoms with E-state index in [2.05, 4.69) is 11.8 Å². The van der Waals surface area contributed by atoms with Gasteiger partial charge < -0.3 is 14.5 Å². The van der Waals surface area contributed by atoms with Crippen LogP contribution in [0.25, 0.3) is 0 Å². The summed E-state index contributed by atoms with van der Waals surface area (Å²) in [6.07, 6.45) is 2.06. The van der Waals surface area contributed by atoms with Crippen molar-refractivity contribution in [1.82, 2.24) is 14.7 Å². The van der Waals surface area contributed by atoms with E-state index in [4.69, 9.17) is 4.74 Å². The van der Waals surface area contributed by atoms with Gasteiger partial charge in [0.25, 0.3) is 0 Å². The summed E-state index contributed by atoms with van der Waals surface area (Å²) in [6, 6.07) is 0. The minimum atomic E-state index is -0.0412. The van der Waals surface area contributed by atoms with E-state index in [0.29, 0.717) is 6.54 Å². The summed E-state index contributed by atoms with van der Waals surface area (Å²) in [7, 11) is 1.80. The summed E-state index contributed by atoms with van der Waals surface area (Å²) in [5, 5.41) is 0. The molecule has 6 heteroatoms. The summed E-state index contributed by atoms with van der Waals surface area (Å²) < 4.78 is 5.30. The Bertz CT molecular complexity index is 330. The number of likely N-dealkylation sites (N-methyl/N-ethyl adjacent to an activating group) is 1. The van der Waals surface area contributed by atoms with E-state index in [9.17, 15) is 9.59 Å². The second-order valence-electron chi connectivity index (χ2n) is 5.56. The van der Waals surface area contributed by atoms with Crippen LogP contribution in [0.1, 0.15) is 26.7 Å². The monoisotopic (exact) mass is 299 g/mol. The third-order valence-corrected chi connectivity index (χ3v) is 3.83. The van der Waals surface area contributed by atoms with Gasteiger partial charge in [-0.1, -0.05) is 13.3 Å². The van der Waals surface area contributed by atoms with E-state index >= 15 is 0 Å². The lowest BCUT2D eigenvalue weighted by atomic mass is 10.3. The van der Waals surface area contributed by atoms with Gasteiger partial charge in [0.05, 0.1) is 19.8 Å². The summed E-state index contributed by atoms with van der Waals surface area (Å²) in [6.45, 7) is 9.26. The topological polar surface area (TPSA) is 53.1 Å². The van der Waals surface area contributed by atoms with Gasteiger partial charge in [-0.05, 0) is 6.42 Å². The van der Waals surface area contributed by atoms with Gasteiger partial charge in [-0.2, -0.15) is 0 Å². The van der Waals surface area contributed by atoms with Crippen LogP contribution in [0, 0.1) is 0 Å². The molecule has 0 aromatic carbocycles. The number of rotatable bonds is 8. The van der Waals surface area contributed by atoms with Gasteiger partial charge in [0.2, 0.25) is 11.8 Å². The maximum atomic E-state index is 12.1. The molecule has 2 amide bonds. The van der Waals surface area contributed by atoms with Crippen LogP contribution in [0.4, 0.5) is 0 Å². The van der Waals surface area contributed by atoms with Gasteiger partial charge in [-0.3, -0.25) is 14.5 Å². The highest BCUT2D eigenvalue weighted by molar-refractivity contribution is 5.83. The minimum absolute atomic E-state index is 0.0145. The van der Waals surface area contributed by atoms with Crippen LogP contribution in [0.15, 0.2) is 0 Å². The molecule has 0 aromatic rings. The van der Waals surface area contributed by atoms with Crippen molar-refractivity contribution in [3.8, 4) is 0 Å². The zero-order valence-electron chi connectivity index (χ0n) is 13.6. The van der Waals surface area contributed by atoms with Gasteiger partial charge in [0.1, 0.15) is 0 Å². The Morgan fingerprint density at radius 2 is 1.86 bits per heavy atom. The molecule has 1 saturated heterocycles. The first-order chi connectivity index (χ1) is 10.0. The molecule has 1 heterocycles. The molecule has 0 saturated carbocycles. The molecular weight excluding hydrogens is 270 g/mol. The average molecular weight is 299 g/mol. The van der Waals surface area contributed by atoms with Crippen LogP contribution in [0.3, 0.4) is 0 Å². The van der Waals surface area contributed by atoms with Crippen molar-refractivity contribution in [2.24, 2.45) is 0 Å². The smallest absolute Gasteiger partial charge is 0.241 e. The van der Waals surface area contributed by atoms with Gasteiger partial charge in [0.15, 0.2) is 0 Å². The van der Waals surface area contributed by atoms with Crippen LogP contribution >= 0.6 is 0 Å². The number of morpholine rings is 1. The zero-order valence-corrected chi connectivity index (χ0v) is 13.6. The normalized spacial score (nSPS) is 15.8. The Morgan fingerprint density at radius 1 is 1.19 bits per heavy atom. The fraction of sp³-hybridized carbons (Fsp3) is 0.867. The Balaban J connectivity index is 2.37. The van der Waals surface area contributed by atoms with Gasteiger partial charge in [-0.25, -0.2) is 0 Å². The van der Waals surface area contributed by atoms with Crippen LogP contribution < -0.4 is 0 Å². The van der Waals surface area contributed by atoms with Gasteiger partial charge in [-0.15, -0.1) is 0 Å². The Hall–Kier alpha value is -1.14. The molecular formula is C15H29N3O3. The number of amides is 2. The molecule has 0 unspecified atom stereocenters. The van der Waals surface area contributed by atoms with Crippen LogP contribution in [-0.4, -0.2) is 86.0 Å². The first-order valence-corrected chi connectivity index (χ1v) is 7.84. The number of carbonyl (C=O) groups excluding carboxylic acids is 2. The summed E-state index contributed by atoms with van der Waals surface area (Å²) in [5.41, 5.74) is 0. The first-order valence-electron chi connectivity index (χ1n) is 7.84. The maximum Gasteiger partial charge on any atom is 0.241 e. The quantitative estimate of drug-likeness (QED) is 0.652. The van der Waals surface area contributed by atoms with Crippen molar-refractivity contribution in [2.75, 3.05) is 59.5 Å². The molecule has 6 nitrogen and oxygen atoms in total. The van der Waals surface area contributed by atoms with Gasteiger partial charge >= 0.3 is 0 Å². The van der Waals surface area contributed by atoms with E-state index in [1.54, 1.807) is 16.8 Å². The van der Waals surface area contributed by atoms with Crippen molar-refractivity contribution in [2.45, 2.75) is 26.7 Å². The highest BCUT2D eigenvalue weighted by atomic mass is 16.5. The standard InChI is InChI=1S/C15H29N3O3/c1-4-5-6-16(3)15(20)13-18(14(2)19)8-7-17-9-11-21-12-10-17/h4-13H2,1-3H3. The number of carbonyl (C=O) groups is 2. The lowest BCUT2D eigenvalue weighted by molar-refractivity contribution is -0.138. The number of ether oxygens (including phenoxy) is 1. The van der Waals surface area contributed by atoms with Crippen molar-refractivity contribution in [3.63, 3.8) is 0 Å². The molecule has 0 aromatic heterocycles. The molecule has 0 N–H and O–H groups in total. The molecule has 21 heavy (non-hydrogen) atoms. The summed E-state index contributed by atoms with van der Waals surface area (Å²) in [4.78, 5) is 29.4. The molecule has 0 spiro atoms. The first kappa shape index (κ1) is 17.9. The highest BCUT2D eigenvalue weighted by Gasteiger charge is 2.18.